The molecule has 0 amide bonds. The van der Waals surface area contributed by atoms with E-state index in [1.807, 2.05) is 0 Å². The lowest BCUT2D eigenvalue weighted by Gasteiger charge is -2.26. The summed E-state index contributed by atoms with van der Waals surface area (Å²) in [6.45, 7) is 13.3. The van der Waals surface area contributed by atoms with Gasteiger partial charge in [0.15, 0.2) is 0 Å². The number of rotatable bonds is 5. The molecule has 0 bridgehead atoms. The van der Waals surface area contributed by atoms with Gasteiger partial charge in [-0.1, -0.05) is 91.0 Å². The molecular weight excluding hydrogens is 711 g/mol. The molecule has 262 valence electrons. The summed E-state index contributed by atoms with van der Waals surface area (Å²) >= 11 is 0. The van der Waals surface area contributed by atoms with Gasteiger partial charge in [0.05, 0.1) is 49.2 Å². The van der Waals surface area contributed by atoms with Crippen LogP contribution in [-0.2, 0) is 0 Å². The van der Waals surface area contributed by atoms with E-state index in [4.69, 9.17) is 27.9 Å². The van der Waals surface area contributed by atoms with Gasteiger partial charge in [-0.25, -0.2) is 0 Å². The van der Waals surface area contributed by atoms with Crippen LogP contribution in [-0.4, -0.2) is 25.2 Å². The van der Waals surface area contributed by atoms with Crippen molar-refractivity contribution in [3.63, 3.8) is 0 Å². The second-order valence-corrected chi connectivity index (χ2v) is 26.2. The zero-order valence-corrected chi connectivity index (χ0v) is 34.3. The number of anilines is 3. The van der Waals surface area contributed by atoms with Gasteiger partial charge in [0.2, 0.25) is 0 Å². The lowest BCUT2D eigenvalue weighted by molar-refractivity contribution is 1.17. The SMILES string of the molecule is C[Si]1(C)N=c2cccc(N(c3ccc(-c4cccc5ccccc45)c4c3=N[Si](C)(C)N=4)c3ccc(-c4cccc5ccccc45)c4c3=N[Si](C)(C)N=4)c2=N1. The second-order valence-electron chi connectivity index (χ2n) is 15.8. The maximum atomic E-state index is 5.51. The third-order valence-electron chi connectivity index (χ3n) is 10.5. The van der Waals surface area contributed by atoms with Crippen molar-refractivity contribution < 1.29 is 0 Å². The van der Waals surface area contributed by atoms with Gasteiger partial charge in [0, 0.05) is 11.1 Å². The Morgan fingerprint density at radius 1 is 0.333 bits per heavy atom. The van der Waals surface area contributed by atoms with E-state index in [1.54, 1.807) is 0 Å². The van der Waals surface area contributed by atoms with Crippen LogP contribution in [0.15, 0.2) is 155 Å². The van der Waals surface area contributed by atoms with Gasteiger partial charge in [-0.2, -0.15) is 0 Å². The fourth-order valence-corrected chi connectivity index (χ4v) is 13.1. The van der Waals surface area contributed by atoms with Gasteiger partial charge in [0.25, 0.3) is 25.2 Å². The van der Waals surface area contributed by atoms with Crippen molar-refractivity contribution in [1.82, 2.24) is 0 Å². The van der Waals surface area contributed by atoms with E-state index in [0.29, 0.717) is 0 Å². The molecule has 7 nitrogen and oxygen atoms in total. The summed E-state index contributed by atoms with van der Waals surface area (Å²) in [5, 5.41) is 10.4. The molecule has 0 saturated carbocycles. The molecule has 0 unspecified atom stereocenters. The maximum absolute atomic E-state index is 5.51. The minimum Gasteiger partial charge on any atom is -0.304 e. The standard InChI is InChI=1S/C44H39N7Si3/c1-52(2)45-36-22-13-23-37(42(36)48-52)51(38-26-24-34(40-43(38)49-53(3,4)46-40)32-20-11-16-28-14-7-9-18-30(28)32)39-27-25-35(41-44(39)50-54(5,6)47-41)33-21-12-17-29-15-8-10-19-31(29)33/h7-27H,1-6H3. The number of hydrogen-bond acceptors (Lipinski definition) is 7. The van der Waals surface area contributed by atoms with Crippen molar-refractivity contribution >= 4 is 63.8 Å². The van der Waals surface area contributed by atoms with Gasteiger partial charge in [-0.3, -0.25) is 27.9 Å². The highest BCUT2D eigenvalue weighted by Crippen LogP contribution is 2.34. The highest BCUT2D eigenvalue weighted by molar-refractivity contribution is 6.75. The molecule has 3 aliphatic rings. The average Bonchev–Trinajstić information content (AvgIpc) is 3.78. The summed E-state index contributed by atoms with van der Waals surface area (Å²) in [5.74, 6) is 0. The molecule has 0 saturated heterocycles. The predicted octanol–water partition coefficient (Wildman–Crippen LogP) is 7.66. The minimum absolute atomic E-state index is 0.916. The molecule has 0 fully saturated rings. The van der Waals surface area contributed by atoms with Crippen LogP contribution in [0.1, 0.15) is 0 Å². The van der Waals surface area contributed by atoms with Crippen molar-refractivity contribution in [2.75, 3.05) is 4.90 Å². The average molecular weight is 750 g/mol. The molecule has 0 atom stereocenters. The molecule has 7 aromatic carbocycles. The van der Waals surface area contributed by atoms with Crippen LogP contribution in [0, 0.1) is 0 Å². The third-order valence-corrected chi connectivity index (χ3v) is 15.1. The summed E-state index contributed by atoms with van der Waals surface area (Å²) in [7, 11) is -6.95. The van der Waals surface area contributed by atoms with Gasteiger partial charge in [-0.05, 0) is 108 Å². The first-order valence-corrected chi connectivity index (χ1v) is 27.2. The largest absolute Gasteiger partial charge is 0.304 e. The normalized spacial score (nSPS) is 16.6. The first-order chi connectivity index (χ1) is 26.0. The van der Waals surface area contributed by atoms with Crippen LogP contribution in [0.5, 0.6) is 0 Å². The molecule has 3 heterocycles. The zero-order chi connectivity index (χ0) is 37.0. The number of nitrogens with zero attached hydrogens (tertiary/aromatic N) is 7. The van der Waals surface area contributed by atoms with Gasteiger partial charge >= 0.3 is 0 Å². The summed E-state index contributed by atoms with van der Waals surface area (Å²) in [5.41, 5.74) is 7.43. The molecule has 0 aliphatic carbocycles. The Morgan fingerprint density at radius 2 is 0.741 bits per heavy atom. The Hall–Kier alpha value is -5.69. The Kier molecular flexibility index (Phi) is 7.10. The molecule has 10 rings (SSSR count). The second kappa shape index (κ2) is 11.7. The molecule has 7 aromatic rings. The van der Waals surface area contributed by atoms with Crippen molar-refractivity contribution in [1.29, 1.82) is 0 Å². The van der Waals surface area contributed by atoms with Crippen LogP contribution in [0.25, 0.3) is 43.8 Å². The lowest BCUT2D eigenvalue weighted by atomic mass is 9.96. The Labute approximate surface area is 316 Å². The Balaban J connectivity index is 1.30. The minimum atomic E-state index is -2.37. The van der Waals surface area contributed by atoms with E-state index < -0.39 is 25.2 Å². The molecule has 3 aliphatic heterocycles. The maximum Gasteiger partial charge on any atom is 0.298 e. The van der Waals surface area contributed by atoms with Gasteiger partial charge < -0.3 is 4.90 Å². The smallest absolute Gasteiger partial charge is 0.298 e. The van der Waals surface area contributed by atoms with Gasteiger partial charge in [-0.15, -0.1) is 0 Å². The molecule has 0 spiro atoms. The third kappa shape index (κ3) is 5.27. The van der Waals surface area contributed by atoms with Crippen molar-refractivity contribution in [2.24, 2.45) is 27.9 Å². The summed E-state index contributed by atoms with van der Waals surface area (Å²) in [4.78, 5) is 2.34. The molecular formula is C44H39N7Si3. The van der Waals surface area contributed by atoms with Crippen molar-refractivity contribution in [2.45, 2.75) is 39.3 Å². The van der Waals surface area contributed by atoms with Crippen LogP contribution in [0.4, 0.5) is 17.1 Å². The monoisotopic (exact) mass is 749 g/mol. The summed E-state index contributed by atoms with van der Waals surface area (Å²) in [6, 6.07) is 45.5. The Bertz CT molecular complexity index is 2990. The van der Waals surface area contributed by atoms with E-state index in [0.717, 1.165) is 71.5 Å². The van der Waals surface area contributed by atoms with Crippen molar-refractivity contribution in [3.8, 4) is 22.3 Å². The van der Waals surface area contributed by atoms with E-state index >= 15 is 0 Å². The fourth-order valence-electron chi connectivity index (χ4n) is 8.33. The van der Waals surface area contributed by atoms with Gasteiger partial charge in [0.1, 0.15) is 0 Å². The first-order valence-electron chi connectivity index (χ1n) is 18.6. The van der Waals surface area contributed by atoms with Crippen LogP contribution >= 0.6 is 0 Å². The number of benzene rings is 7. The van der Waals surface area contributed by atoms with E-state index in [2.05, 4.69) is 172 Å². The van der Waals surface area contributed by atoms with Crippen LogP contribution in [0.3, 0.4) is 0 Å². The fraction of sp³-hybridized carbons (Fsp3) is 0.136. The molecule has 10 heteroatoms. The predicted molar refractivity (Wildman–Crippen MR) is 226 cm³/mol. The van der Waals surface area contributed by atoms with E-state index in [1.165, 1.54) is 21.5 Å². The number of fused-ring (bicyclic) bond motifs is 5. The quantitative estimate of drug-likeness (QED) is 0.167. The topological polar surface area (TPSA) is 77.4 Å². The Morgan fingerprint density at radius 3 is 1.28 bits per heavy atom. The lowest BCUT2D eigenvalue weighted by Crippen LogP contribution is -2.38. The zero-order valence-electron chi connectivity index (χ0n) is 31.3. The molecule has 54 heavy (non-hydrogen) atoms. The molecule has 0 radical (unpaired) electrons. The van der Waals surface area contributed by atoms with Crippen molar-refractivity contribution in [3.05, 3.63) is 160 Å². The first kappa shape index (κ1) is 32.9. The summed E-state index contributed by atoms with van der Waals surface area (Å²) in [6.07, 6.45) is 0. The van der Waals surface area contributed by atoms with E-state index in [9.17, 15) is 0 Å². The van der Waals surface area contributed by atoms with Crippen LogP contribution < -0.4 is 37.0 Å². The molecule has 0 aromatic heterocycles. The highest BCUT2D eigenvalue weighted by Gasteiger charge is 2.33. The van der Waals surface area contributed by atoms with E-state index in [-0.39, 0.29) is 0 Å². The van der Waals surface area contributed by atoms with Crippen LogP contribution in [0.2, 0.25) is 39.3 Å². The summed E-state index contributed by atoms with van der Waals surface area (Å²) < 4.78 is 32.4. The highest BCUT2D eigenvalue weighted by atomic mass is 28.4. The number of hydrogen-bond donors (Lipinski definition) is 0. The molecule has 0 N–H and O–H groups in total.